The van der Waals surface area contributed by atoms with Crippen LogP contribution in [0.1, 0.15) is 33.7 Å². The molecule has 0 aliphatic carbocycles. The number of rotatable bonds is 3. The average molecular weight is 334 g/mol. The smallest absolute Gasteiger partial charge is 0.433 e. The molecule has 0 aliphatic rings. The molecule has 0 atom stereocenters. The summed E-state index contributed by atoms with van der Waals surface area (Å²) in [6, 6.07) is 0.0558. The van der Waals surface area contributed by atoms with Gasteiger partial charge >= 0.3 is 12.1 Å². The molecule has 1 aromatic rings. The molecule has 1 aromatic heterocycles. The number of carboxylic acid groups (broad SMARTS) is 1. The summed E-state index contributed by atoms with van der Waals surface area (Å²) in [6.45, 7) is 0. The molecule has 1 N–H and O–H groups in total. The lowest BCUT2D eigenvalue weighted by Gasteiger charge is -2.13. The topological polar surface area (TPSA) is 50.2 Å². The number of hydrogen-bond donors (Lipinski definition) is 1. The van der Waals surface area contributed by atoms with Crippen molar-refractivity contribution in [1.82, 2.24) is 4.98 Å². The summed E-state index contributed by atoms with van der Waals surface area (Å²) in [5.41, 5.74) is -4.24. The molecule has 0 saturated heterocycles. The van der Waals surface area contributed by atoms with Crippen molar-refractivity contribution >= 4 is 21.9 Å². The van der Waals surface area contributed by atoms with Gasteiger partial charge in [0.05, 0.1) is 11.3 Å². The van der Waals surface area contributed by atoms with Crippen molar-refractivity contribution < 1.29 is 31.9 Å². The van der Waals surface area contributed by atoms with E-state index in [4.69, 9.17) is 5.11 Å². The standard InChI is InChI=1S/C9H5BrF5NO2/c10-2-4-6(8(17)18)3(7(11)12)1-5(16-4)9(13,14)15/h1,7H,2H2,(H,17,18). The first-order valence-electron chi connectivity index (χ1n) is 4.37. The van der Waals surface area contributed by atoms with E-state index in [0.29, 0.717) is 0 Å². The minimum atomic E-state index is -4.92. The molecule has 100 valence electrons. The van der Waals surface area contributed by atoms with Gasteiger partial charge in [-0.15, -0.1) is 0 Å². The van der Waals surface area contributed by atoms with Crippen LogP contribution in [0.3, 0.4) is 0 Å². The van der Waals surface area contributed by atoms with E-state index in [1.54, 1.807) is 0 Å². The average Bonchev–Trinajstić information content (AvgIpc) is 2.25. The molecule has 0 unspecified atom stereocenters. The lowest BCUT2D eigenvalue weighted by Crippen LogP contribution is -2.16. The molecule has 0 aliphatic heterocycles. The first-order valence-corrected chi connectivity index (χ1v) is 5.49. The Morgan fingerprint density at radius 2 is 2.00 bits per heavy atom. The maximum atomic E-state index is 12.6. The van der Waals surface area contributed by atoms with Crippen LogP contribution >= 0.6 is 15.9 Å². The Morgan fingerprint density at radius 3 is 2.33 bits per heavy atom. The van der Waals surface area contributed by atoms with Crippen LogP contribution in [0.15, 0.2) is 6.07 Å². The Hall–Kier alpha value is -1.25. The Kier molecular flexibility index (Phi) is 4.25. The molecule has 18 heavy (non-hydrogen) atoms. The van der Waals surface area contributed by atoms with Crippen molar-refractivity contribution in [3.8, 4) is 0 Å². The van der Waals surface area contributed by atoms with Crippen molar-refractivity contribution in [2.24, 2.45) is 0 Å². The van der Waals surface area contributed by atoms with Gasteiger partial charge in [0.15, 0.2) is 0 Å². The van der Waals surface area contributed by atoms with Crippen LogP contribution in [0.4, 0.5) is 22.0 Å². The van der Waals surface area contributed by atoms with Crippen LogP contribution in [-0.4, -0.2) is 16.1 Å². The van der Waals surface area contributed by atoms with Crippen LogP contribution < -0.4 is 0 Å². The third-order valence-corrected chi connectivity index (χ3v) is 2.52. The summed E-state index contributed by atoms with van der Waals surface area (Å²) >= 11 is 2.72. The molecule has 0 radical (unpaired) electrons. The van der Waals surface area contributed by atoms with Gasteiger partial charge in [-0.25, -0.2) is 18.6 Å². The fourth-order valence-electron chi connectivity index (χ4n) is 1.28. The van der Waals surface area contributed by atoms with Gasteiger partial charge < -0.3 is 5.11 Å². The number of hydrogen-bond acceptors (Lipinski definition) is 2. The third-order valence-electron chi connectivity index (χ3n) is 1.99. The van der Waals surface area contributed by atoms with Crippen LogP contribution in [0, 0.1) is 0 Å². The lowest BCUT2D eigenvalue weighted by molar-refractivity contribution is -0.141. The van der Waals surface area contributed by atoms with Crippen molar-refractivity contribution in [3.05, 3.63) is 28.6 Å². The van der Waals surface area contributed by atoms with Gasteiger partial charge in [0.2, 0.25) is 0 Å². The zero-order chi connectivity index (χ0) is 14.1. The lowest BCUT2D eigenvalue weighted by atomic mass is 10.1. The van der Waals surface area contributed by atoms with Crippen molar-refractivity contribution in [3.63, 3.8) is 0 Å². The summed E-state index contributed by atoms with van der Waals surface area (Å²) in [5.74, 6) is -1.75. The SMILES string of the molecule is O=C(O)c1c(C(F)F)cc(C(F)(F)F)nc1CBr. The Balaban J connectivity index is 3.59. The van der Waals surface area contributed by atoms with Crippen molar-refractivity contribution in [2.75, 3.05) is 0 Å². The van der Waals surface area contributed by atoms with E-state index in [-0.39, 0.29) is 11.4 Å². The number of carbonyl (C=O) groups is 1. The second kappa shape index (κ2) is 5.17. The summed E-state index contributed by atoms with van der Waals surface area (Å²) in [5, 5.41) is 8.37. The highest BCUT2D eigenvalue weighted by atomic mass is 79.9. The highest BCUT2D eigenvalue weighted by Crippen LogP contribution is 2.33. The van der Waals surface area contributed by atoms with Gasteiger partial charge in [-0.3, -0.25) is 0 Å². The predicted octanol–water partition coefficient (Wildman–Crippen LogP) is 3.63. The van der Waals surface area contributed by atoms with E-state index in [0.717, 1.165) is 0 Å². The normalized spacial score (nSPS) is 11.9. The zero-order valence-electron chi connectivity index (χ0n) is 8.43. The molecule has 1 heterocycles. The predicted molar refractivity (Wildman–Crippen MR) is 53.8 cm³/mol. The largest absolute Gasteiger partial charge is 0.478 e. The molecule has 9 heteroatoms. The molecular formula is C9H5BrF5NO2. The maximum absolute atomic E-state index is 12.6. The van der Waals surface area contributed by atoms with Crippen LogP contribution in [0.25, 0.3) is 0 Å². The van der Waals surface area contributed by atoms with Crippen molar-refractivity contribution in [2.45, 2.75) is 17.9 Å². The zero-order valence-corrected chi connectivity index (χ0v) is 10.0. The first-order chi connectivity index (χ1) is 8.18. The molecular weight excluding hydrogens is 329 g/mol. The fraction of sp³-hybridized carbons (Fsp3) is 0.333. The fourth-order valence-corrected chi connectivity index (χ4v) is 1.69. The molecule has 1 rings (SSSR count). The number of aromatic nitrogens is 1. The van der Waals surface area contributed by atoms with E-state index in [1.165, 1.54) is 0 Å². The third kappa shape index (κ3) is 2.95. The molecule has 0 saturated carbocycles. The van der Waals surface area contributed by atoms with E-state index in [2.05, 4.69) is 20.9 Å². The minimum Gasteiger partial charge on any atom is -0.478 e. The molecule has 0 bridgehead atoms. The molecule has 0 spiro atoms. The molecule has 0 aromatic carbocycles. The summed E-state index contributed by atoms with van der Waals surface area (Å²) in [7, 11) is 0. The molecule has 3 nitrogen and oxygen atoms in total. The van der Waals surface area contributed by atoms with Gasteiger partial charge in [0.1, 0.15) is 5.69 Å². The highest BCUT2D eigenvalue weighted by molar-refractivity contribution is 9.08. The number of halogens is 6. The van der Waals surface area contributed by atoms with E-state index < -0.39 is 41.1 Å². The monoisotopic (exact) mass is 333 g/mol. The van der Waals surface area contributed by atoms with Gasteiger partial charge in [0, 0.05) is 10.9 Å². The van der Waals surface area contributed by atoms with Crippen LogP contribution in [-0.2, 0) is 11.5 Å². The Labute approximate surface area is 106 Å². The number of nitrogens with zero attached hydrogens (tertiary/aromatic N) is 1. The summed E-state index contributed by atoms with van der Waals surface area (Å²) in [4.78, 5) is 13.8. The summed E-state index contributed by atoms with van der Waals surface area (Å²) < 4.78 is 62.4. The van der Waals surface area contributed by atoms with Gasteiger partial charge in [-0.2, -0.15) is 13.2 Å². The number of pyridine rings is 1. The maximum Gasteiger partial charge on any atom is 0.433 e. The quantitative estimate of drug-likeness (QED) is 0.678. The van der Waals surface area contributed by atoms with Crippen LogP contribution in [0.2, 0.25) is 0 Å². The Bertz CT molecular complexity index is 475. The van der Waals surface area contributed by atoms with Gasteiger partial charge in [-0.05, 0) is 6.07 Å². The Morgan fingerprint density at radius 1 is 1.44 bits per heavy atom. The number of alkyl halides is 6. The van der Waals surface area contributed by atoms with E-state index in [9.17, 15) is 26.7 Å². The second-order valence-electron chi connectivity index (χ2n) is 3.16. The minimum absolute atomic E-state index is 0.0558. The molecule has 0 amide bonds. The number of aromatic carboxylic acids is 1. The van der Waals surface area contributed by atoms with E-state index in [1.807, 2.05) is 0 Å². The van der Waals surface area contributed by atoms with Crippen molar-refractivity contribution in [1.29, 1.82) is 0 Å². The van der Waals surface area contributed by atoms with Crippen LogP contribution in [0.5, 0.6) is 0 Å². The summed E-state index contributed by atoms with van der Waals surface area (Å²) in [6.07, 6.45) is -8.25. The second-order valence-corrected chi connectivity index (χ2v) is 3.72. The first kappa shape index (κ1) is 14.8. The highest BCUT2D eigenvalue weighted by Gasteiger charge is 2.36. The number of carboxylic acids is 1. The van der Waals surface area contributed by atoms with Gasteiger partial charge in [0.25, 0.3) is 6.43 Å². The van der Waals surface area contributed by atoms with E-state index >= 15 is 0 Å². The molecule has 0 fully saturated rings. The van der Waals surface area contributed by atoms with Gasteiger partial charge in [-0.1, -0.05) is 15.9 Å².